The van der Waals surface area contributed by atoms with Gasteiger partial charge in [0.1, 0.15) is 6.42 Å². The second-order valence-electron chi connectivity index (χ2n) is 5.65. The van der Waals surface area contributed by atoms with Crippen LogP contribution in [0.4, 0.5) is 0 Å². The van der Waals surface area contributed by atoms with E-state index in [2.05, 4.69) is 10.2 Å². The quantitative estimate of drug-likeness (QED) is 0.337. The number of benzene rings is 2. The van der Waals surface area contributed by atoms with Crippen molar-refractivity contribution in [2.24, 2.45) is 0 Å². The van der Waals surface area contributed by atoms with Gasteiger partial charge in [-0.2, -0.15) is 0 Å². The molecule has 3 rings (SSSR count). The van der Waals surface area contributed by atoms with E-state index in [4.69, 9.17) is 4.74 Å². The third kappa shape index (κ3) is 4.83. The fraction of sp³-hybridized carbons (Fsp3) is 0.200. The minimum absolute atomic E-state index is 0.124. The maximum atomic E-state index is 12.0. The first-order valence-electron chi connectivity index (χ1n) is 8.55. The molecule has 0 atom stereocenters. The van der Waals surface area contributed by atoms with Crippen LogP contribution in [0.5, 0.6) is 0 Å². The van der Waals surface area contributed by atoms with Gasteiger partial charge in [-0.3, -0.25) is 14.2 Å². The van der Waals surface area contributed by atoms with Gasteiger partial charge >= 0.3 is 5.97 Å². The first kappa shape index (κ1) is 18.8. The van der Waals surface area contributed by atoms with E-state index in [1.54, 1.807) is 6.92 Å². The van der Waals surface area contributed by atoms with Crippen LogP contribution in [0.3, 0.4) is 0 Å². The molecule has 0 aliphatic heterocycles. The molecule has 0 aliphatic carbocycles. The van der Waals surface area contributed by atoms with Gasteiger partial charge in [0.05, 0.1) is 12.4 Å². The highest BCUT2D eigenvalue weighted by Gasteiger charge is 2.18. The summed E-state index contributed by atoms with van der Waals surface area (Å²) in [4.78, 5) is 23.5. The van der Waals surface area contributed by atoms with Gasteiger partial charge < -0.3 is 4.74 Å². The van der Waals surface area contributed by atoms with Crippen LogP contribution in [-0.2, 0) is 14.3 Å². The van der Waals surface area contributed by atoms with Crippen molar-refractivity contribution in [1.29, 1.82) is 0 Å². The number of para-hydroxylation sites is 1. The largest absolute Gasteiger partial charge is 0.466 e. The van der Waals surface area contributed by atoms with Crippen LogP contribution in [0.2, 0.25) is 0 Å². The monoisotopic (exact) mass is 381 g/mol. The average molecular weight is 381 g/mol. The van der Waals surface area contributed by atoms with E-state index in [9.17, 15) is 9.59 Å². The van der Waals surface area contributed by atoms with Crippen LogP contribution in [0.1, 0.15) is 13.3 Å². The number of carbonyl (C=O) groups is 2. The number of rotatable bonds is 8. The lowest BCUT2D eigenvalue weighted by Gasteiger charge is -2.10. The van der Waals surface area contributed by atoms with Crippen molar-refractivity contribution >= 4 is 23.5 Å². The maximum Gasteiger partial charge on any atom is 0.313 e. The smallest absolute Gasteiger partial charge is 0.313 e. The molecule has 0 spiro atoms. The van der Waals surface area contributed by atoms with Crippen molar-refractivity contribution in [3.8, 4) is 17.1 Å². The van der Waals surface area contributed by atoms with E-state index in [1.165, 1.54) is 11.8 Å². The molecule has 3 aromatic rings. The molecule has 0 unspecified atom stereocenters. The van der Waals surface area contributed by atoms with Crippen LogP contribution < -0.4 is 0 Å². The molecule has 0 N–H and O–H groups in total. The van der Waals surface area contributed by atoms with E-state index < -0.39 is 5.97 Å². The second-order valence-corrected chi connectivity index (χ2v) is 6.59. The van der Waals surface area contributed by atoms with Crippen molar-refractivity contribution in [1.82, 2.24) is 14.8 Å². The van der Waals surface area contributed by atoms with Gasteiger partial charge in [-0.1, -0.05) is 60.3 Å². The first-order valence-corrected chi connectivity index (χ1v) is 9.54. The number of ketones is 1. The Labute approximate surface area is 161 Å². The summed E-state index contributed by atoms with van der Waals surface area (Å²) in [5, 5.41) is 9.18. The molecule has 0 radical (unpaired) electrons. The van der Waals surface area contributed by atoms with Crippen molar-refractivity contribution in [2.45, 2.75) is 18.5 Å². The summed E-state index contributed by atoms with van der Waals surface area (Å²) in [7, 11) is 0. The molecule has 0 saturated carbocycles. The van der Waals surface area contributed by atoms with E-state index in [1.807, 2.05) is 65.2 Å². The number of hydrogen-bond acceptors (Lipinski definition) is 6. The zero-order valence-electron chi connectivity index (χ0n) is 14.9. The zero-order valence-corrected chi connectivity index (χ0v) is 15.7. The molecule has 0 fully saturated rings. The summed E-state index contributed by atoms with van der Waals surface area (Å²) < 4.78 is 6.73. The predicted octanol–water partition coefficient (Wildman–Crippen LogP) is 3.55. The Morgan fingerprint density at radius 1 is 1.00 bits per heavy atom. The SMILES string of the molecule is CCOC(=O)CC(=O)CSc1nnc(-c2ccccc2)n1-c1ccccc1. The van der Waals surface area contributed by atoms with Gasteiger partial charge in [-0.05, 0) is 19.1 Å². The van der Waals surface area contributed by atoms with Gasteiger partial charge in [0, 0.05) is 11.3 Å². The number of hydrogen-bond donors (Lipinski definition) is 0. The number of carbonyl (C=O) groups excluding carboxylic acids is 2. The van der Waals surface area contributed by atoms with E-state index in [-0.39, 0.29) is 24.6 Å². The summed E-state index contributed by atoms with van der Waals surface area (Å²) in [6.45, 7) is 1.98. The van der Waals surface area contributed by atoms with E-state index >= 15 is 0 Å². The molecule has 0 amide bonds. The van der Waals surface area contributed by atoms with Crippen molar-refractivity contribution in [3.05, 3.63) is 60.7 Å². The molecular formula is C20H19N3O3S. The van der Waals surface area contributed by atoms with Crippen LogP contribution in [0.25, 0.3) is 17.1 Å². The van der Waals surface area contributed by atoms with Crippen molar-refractivity contribution in [2.75, 3.05) is 12.4 Å². The van der Waals surface area contributed by atoms with Gasteiger partial charge in [0.15, 0.2) is 16.8 Å². The molecule has 7 heteroatoms. The molecule has 2 aromatic carbocycles. The fourth-order valence-corrected chi connectivity index (χ4v) is 3.33. The number of nitrogens with zero attached hydrogens (tertiary/aromatic N) is 3. The lowest BCUT2D eigenvalue weighted by atomic mass is 10.2. The highest BCUT2D eigenvalue weighted by atomic mass is 32.2. The molecule has 0 bridgehead atoms. The summed E-state index contributed by atoms with van der Waals surface area (Å²) in [6.07, 6.45) is -0.230. The summed E-state index contributed by atoms with van der Waals surface area (Å²) in [5.74, 6) is 0.112. The van der Waals surface area contributed by atoms with Gasteiger partial charge in [0.2, 0.25) is 0 Å². The predicted molar refractivity (Wildman–Crippen MR) is 104 cm³/mol. The van der Waals surface area contributed by atoms with Crippen molar-refractivity contribution < 1.29 is 14.3 Å². The van der Waals surface area contributed by atoms with Crippen LogP contribution in [-0.4, -0.2) is 38.9 Å². The van der Waals surface area contributed by atoms with Crippen LogP contribution in [0, 0.1) is 0 Å². The number of Topliss-reactive ketones (excluding diaryl/α,β-unsaturated/α-hetero) is 1. The second kappa shape index (κ2) is 9.14. The molecule has 27 heavy (non-hydrogen) atoms. The highest BCUT2D eigenvalue weighted by Crippen LogP contribution is 2.27. The Hall–Kier alpha value is -2.93. The maximum absolute atomic E-state index is 12.0. The standard InChI is InChI=1S/C20H19N3O3S/c1-2-26-18(25)13-17(24)14-27-20-22-21-19(15-9-5-3-6-10-15)23(20)16-11-7-4-8-12-16/h3-12H,2,13-14H2,1H3. The number of aromatic nitrogens is 3. The Bertz CT molecular complexity index is 911. The van der Waals surface area contributed by atoms with Crippen molar-refractivity contribution in [3.63, 3.8) is 0 Å². The minimum Gasteiger partial charge on any atom is -0.466 e. The topological polar surface area (TPSA) is 74.1 Å². The molecule has 0 aliphatic rings. The molecular weight excluding hydrogens is 362 g/mol. The van der Waals surface area contributed by atoms with Gasteiger partial charge in [-0.15, -0.1) is 10.2 Å². The first-order chi connectivity index (χ1) is 13.2. The highest BCUT2D eigenvalue weighted by molar-refractivity contribution is 7.99. The zero-order chi connectivity index (χ0) is 19.1. The number of esters is 1. The molecule has 1 heterocycles. The number of ether oxygens (including phenoxy) is 1. The van der Waals surface area contributed by atoms with E-state index in [0.29, 0.717) is 11.0 Å². The van der Waals surface area contributed by atoms with Crippen LogP contribution >= 0.6 is 11.8 Å². The lowest BCUT2D eigenvalue weighted by molar-refractivity contribution is -0.145. The minimum atomic E-state index is -0.502. The molecule has 0 saturated heterocycles. The fourth-order valence-electron chi connectivity index (χ4n) is 2.52. The molecule has 1 aromatic heterocycles. The summed E-state index contributed by atoms with van der Waals surface area (Å²) >= 11 is 1.26. The third-order valence-corrected chi connectivity index (χ3v) is 4.68. The van der Waals surface area contributed by atoms with Gasteiger partial charge in [-0.25, -0.2) is 0 Å². The van der Waals surface area contributed by atoms with Gasteiger partial charge in [0.25, 0.3) is 0 Å². The lowest BCUT2D eigenvalue weighted by Crippen LogP contribution is -2.13. The Balaban J connectivity index is 1.84. The normalized spacial score (nSPS) is 10.6. The summed E-state index contributed by atoms with van der Waals surface area (Å²) in [5.41, 5.74) is 1.83. The average Bonchev–Trinajstić information content (AvgIpc) is 3.12. The molecule has 6 nitrogen and oxygen atoms in total. The summed E-state index contributed by atoms with van der Waals surface area (Å²) in [6, 6.07) is 19.5. The molecule has 138 valence electrons. The Kier molecular flexibility index (Phi) is 6.38. The Morgan fingerprint density at radius 2 is 1.67 bits per heavy atom. The third-order valence-electron chi connectivity index (χ3n) is 3.69. The van der Waals surface area contributed by atoms with Crippen LogP contribution in [0.15, 0.2) is 65.8 Å². The number of thioether (sulfide) groups is 1. The van der Waals surface area contributed by atoms with E-state index in [0.717, 1.165) is 11.3 Å². The Morgan fingerprint density at radius 3 is 2.33 bits per heavy atom.